The van der Waals surface area contributed by atoms with Crippen LogP contribution in [0.4, 0.5) is 4.79 Å². The third kappa shape index (κ3) is 2.62. The number of nitrogens with zero attached hydrogens (tertiary/aromatic N) is 1. The summed E-state index contributed by atoms with van der Waals surface area (Å²) in [5, 5.41) is 2.76. The maximum Gasteiger partial charge on any atom is 0.325 e. The zero-order chi connectivity index (χ0) is 17.3. The summed E-state index contributed by atoms with van der Waals surface area (Å²) in [5.74, 6) is -0.828. The number of hydrogen-bond donors (Lipinski definition) is 2. The lowest BCUT2D eigenvalue weighted by Crippen LogP contribution is -2.40. The molecule has 0 bridgehead atoms. The fourth-order valence-electron chi connectivity index (χ4n) is 2.76. The van der Waals surface area contributed by atoms with Gasteiger partial charge in [0, 0.05) is 5.56 Å². The Bertz CT molecular complexity index is 802. The molecule has 4 amide bonds. The molecule has 1 saturated heterocycles. The maximum absolute atomic E-state index is 12.8. The number of benzene rings is 2. The van der Waals surface area contributed by atoms with Crippen molar-refractivity contribution < 1.29 is 14.4 Å². The molecule has 6 heteroatoms. The minimum atomic E-state index is -1.08. The predicted octanol–water partition coefficient (Wildman–Crippen LogP) is 1.75. The van der Waals surface area contributed by atoms with E-state index in [9.17, 15) is 14.4 Å². The monoisotopic (exact) mass is 323 g/mol. The standard InChI is InChI=1S/C18H17N3O3/c1-18(14-5-3-2-4-6-14)16(23)21(17(24)20-18)11-12-7-9-13(10-8-12)15(19)22/h2-10H,11H2,1H3,(H2,19,22)(H,20,24)/t18-/m1/s1. The second-order valence-electron chi connectivity index (χ2n) is 5.87. The second-order valence-corrected chi connectivity index (χ2v) is 5.87. The van der Waals surface area contributed by atoms with Crippen molar-refractivity contribution in [1.29, 1.82) is 0 Å². The molecule has 1 atom stereocenters. The molecular weight excluding hydrogens is 306 g/mol. The average molecular weight is 323 g/mol. The topological polar surface area (TPSA) is 92.5 Å². The molecule has 24 heavy (non-hydrogen) atoms. The second kappa shape index (κ2) is 5.81. The summed E-state index contributed by atoms with van der Waals surface area (Å²) in [6.07, 6.45) is 0. The van der Waals surface area contributed by atoms with Gasteiger partial charge < -0.3 is 11.1 Å². The number of rotatable bonds is 4. The van der Waals surface area contributed by atoms with Crippen LogP contribution in [0.15, 0.2) is 54.6 Å². The van der Waals surface area contributed by atoms with Crippen LogP contribution in [-0.4, -0.2) is 22.7 Å². The molecule has 0 spiro atoms. The van der Waals surface area contributed by atoms with Crippen LogP contribution in [-0.2, 0) is 16.9 Å². The summed E-state index contributed by atoms with van der Waals surface area (Å²) >= 11 is 0. The third-order valence-corrected chi connectivity index (χ3v) is 4.21. The van der Waals surface area contributed by atoms with Crippen LogP contribution in [0.3, 0.4) is 0 Å². The van der Waals surface area contributed by atoms with E-state index in [-0.39, 0.29) is 12.5 Å². The molecule has 0 saturated carbocycles. The largest absolute Gasteiger partial charge is 0.366 e. The number of nitrogens with two attached hydrogens (primary N) is 1. The molecule has 0 unspecified atom stereocenters. The van der Waals surface area contributed by atoms with Gasteiger partial charge in [0.05, 0.1) is 6.54 Å². The minimum absolute atomic E-state index is 0.131. The summed E-state index contributed by atoms with van der Waals surface area (Å²) in [7, 11) is 0. The van der Waals surface area contributed by atoms with Crippen molar-refractivity contribution in [2.75, 3.05) is 0 Å². The van der Waals surface area contributed by atoms with E-state index in [1.54, 1.807) is 31.2 Å². The smallest absolute Gasteiger partial charge is 0.325 e. The fraction of sp³-hybridized carbons (Fsp3) is 0.167. The van der Waals surface area contributed by atoms with Crippen molar-refractivity contribution in [1.82, 2.24) is 10.2 Å². The molecular formula is C18H17N3O3. The van der Waals surface area contributed by atoms with Gasteiger partial charge in [-0.2, -0.15) is 0 Å². The molecule has 1 aliphatic rings. The van der Waals surface area contributed by atoms with E-state index >= 15 is 0 Å². The third-order valence-electron chi connectivity index (χ3n) is 4.21. The minimum Gasteiger partial charge on any atom is -0.366 e. The molecule has 122 valence electrons. The Kier molecular flexibility index (Phi) is 3.81. The highest BCUT2D eigenvalue weighted by molar-refractivity contribution is 6.07. The Labute approximate surface area is 139 Å². The van der Waals surface area contributed by atoms with E-state index in [0.29, 0.717) is 5.56 Å². The van der Waals surface area contributed by atoms with E-state index in [2.05, 4.69) is 5.32 Å². The van der Waals surface area contributed by atoms with E-state index in [1.807, 2.05) is 30.3 Å². The van der Waals surface area contributed by atoms with Crippen LogP contribution in [0, 0.1) is 0 Å². The van der Waals surface area contributed by atoms with Crippen LogP contribution in [0.5, 0.6) is 0 Å². The Morgan fingerprint density at radius 2 is 1.71 bits per heavy atom. The molecule has 3 rings (SSSR count). The number of urea groups is 1. The van der Waals surface area contributed by atoms with Gasteiger partial charge in [-0.25, -0.2) is 4.79 Å². The lowest BCUT2D eigenvalue weighted by Gasteiger charge is -2.22. The highest BCUT2D eigenvalue weighted by Crippen LogP contribution is 2.29. The molecule has 2 aromatic carbocycles. The van der Waals surface area contributed by atoms with Gasteiger partial charge in [-0.05, 0) is 30.2 Å². The van der Waals surface area contributed by atoms with Gasteiger partial charge in [-0.1, -0.05) is 42.5 Å². The Morgan fingerprint density at radius 1 is 1.08 bits per heavy atom. The molecule has 1 aliphatic heterocycles. The van der Waals surface area contributed by atoms with Crippen molar-refractivity contribution in [3.63, 3.8) is 0 Å². The maximum atomic E-state index is 12.8. The van der Waals surface area contributed by atoms with Crippen LogP contribution < -0.4 is 11.1 Å². The summed E-state index contributed by atoms with van der Waals surface area (Å²) in [6.45, 7) is 1.82. The van der Waals surface area contributed by atoms with Crippen LogP contribution >= 0.6 is 0 Å². The van der Waals surface area contributed by atoms with Crippen molar-refractivity contribution in [3.8, 4) is 0 Å². The quantitative estimate of drug-likeness (QED) is 0.840. The Balaban J connectivity index is 1.83. The number of hydrogen-bond acceptors (Lipinski definition) is 3. The number of carbonyl (C=O) groups is 3. The normalized spacial score (nSPS) is 20.1. The van der Waals surface area contributed by atoms with Crippen molar-refractivity contribution in [3.05, 3.63) is 71.3 Å². The van der Waals surface area contributed by atoms with E-state index in [4.69, 9.17) is 5.73 Å². The SMILES string of the molecule is C[C@]1(c2ccccc2)NC(=O)N(Cc2ccc(C(N)=O)cc2)C1=O. The number of primary amides is 1. The highest BCUT2D eigenvalue weighted by Gasteiger charge is 2.48. The van der Waals surface area contributed by atoms with Gasteiger partial charge in [0.2, 0.25) is 5.91 Å². The number of carbonyl (C=O) groups excluding carboxylic acids is 3. The number of nitrogens with one attached hydrogen (secondary N) is 1. The van der Waals surface area contributed by atoms with Crippen molar-refractivity contribution in [2.24, 2.45) is 5.73 Å². The molecule has 6 nitrogen and oxygen atoms in total. The lowest BCUT2D eigenvalue weighted by molar-refractivity contribution is -0.131. The zero-order valence-corrected chi connectivity index (χ0v) is 13.2. The fourth-order valence-corrected chi connectivity index (χ4v) is 2.76. The van der Waals surface area contributed by atoms with Gasteiger partial charge in [0.1, 0.15) is 5.54 Å². The Hall–Kier alpha value is -3.15. The van der Waals surface area contributed by atoms with Gasteiger partial charge in [0.25, 0.3) is 5.91 Å². The van der Waals surface area contributed by atoms with Gasteiger partial charge in [-0.3, -0.25) is 14.5 Å². The van der Waals surface area contributed by atoms with Crippen molar-refractivity contribution in [2.45, 2.75) is 19.0 Å². The zero-order valence-electron chi connectivity index (χ0n) is 13.2. The predicted molar refractivity (Wildman–Crippen MR) is 87.8 cm³/mol. The van der Waals surface area contributed by atoms with Crippen LogP contribution in [0.2, 0.25) is 0 Å². The van der Waals surface area contributed by atoms with Crippen LogP contribution in [0.1, 0.15) is 28.4 Å². The number of amides is 4. The van der Waals surface area contributed by atoms with E-state index < -0.39 is 17.5 Å². The molecule has 1 heterocycles. The first-order valence-electron chi connectivity index (χ1n) is 7.50. The van der Waals surface area contributed by atoms with E-state index in [1.165, 1.54) is 4.90 Å². The van der Waals surface area contributed by atoms with E-state index in [0.717, 1.165) is 11.1 Å². The highest BCUT2D eigenvalue weighted by atomic mass is 16.2. The molecule has 2 aromatic rings. The van der Waals surface area contributed by atoms with Crippen molar-refractivity contribution >= 4 is 17.8 Å². The molecule has 0 radical (unpaired) electrons. The average Bonchev–Trinajstić information content (AvgIpc) is 2.80. The summed E-state index contributed by atoms with van der Waals surface area (Å²) in [4.78, 5) is 37.3. The van der Waals surface area contributed by atoms with Crippen LogP contribution in [0.25, 0.3) is 0 Å². The number of imide groups is 1. The molecule has 3 N–H and O–H groups in total. The first kappa shape index (κ1) is 15.7. The summed E-state index contributed by atoms with van der Waals surface area (Å²) in [5.41, 5.74) is 5.97. The lowest BCUT2D eigenvalue weighted by atomic mass is 9.92. The Morgan fingerprint density at radius 3 is 2.29 bits per heavy atom. The van der Waals surface area contributed by atoms with Gasteiger partial charge in [-0.15, -0.1) is 0 Å². The molecule has 1 fully saturated rings. The van der Waals surface area contributed by atoms with Gasteiger partial charge in [0.15, 0.2) is 0 Å². The molecule has 0 aliphatic carbocycles. The summed E-state index contributed by atoms with van der Waals surface area (Å²) in [6, 6.07) is 15.2. The molecule has 0 aromatic heterocycles. The first-order chi connectivity index (χ1) is 11.4. The first-order valence-corrected chi connectivity index (χ1v) is 7.50. The summed E-state index contributed by atoms with van der Waals surface area (Å²) < 4.78 is 0. The van der Waals surface area contributed by atoms with Gasteiger partial charge >= 0.3 is 6.03 Å².